The number of likely N-dealkylation sites (N-methyl/N-ethyl adjacent to an activating group) is 1. The lowest BCUT2D eigenvalue weighted by Crippen LogP contribution is -2.42. The maximum absolute atomic E-state index is 13.4. The number of imide groups is 1. The highest BCUT2D eigenvalue weighted by molar-refractivity contribution is 6.36. The molecule has 27 heavy (non-hydrogen) atoms. The smallest absolute Gasteiger partial charge is 0.278 e. The summed E-state index contributed by atoms with van der Waals surface area (Å²) in [5.41, 5.74) is 1.34. The van der Waals surface area contributed by atoms with Crippen molar-refractivity contribution in [2.45, 2.75) is 44.6 Å². The Bertz CT molecular complexity index is 735. The van der Waals surface area contributed by atoms with Crippen molar-refractivity contribution in [3.05, 3.63) is 35.5 Å². The van der Waals surface area contributed by atoms with Crippen LogP contribution in [0.15, 0.2) is 30.0 Å². The molecule has 6 nitrogen and oxygen atoms in total. The van der Waals surface area contributed by atoms with E-state index in [1.54, 1.807) is 25.1 Å². The summed E-state index contributed by atoms with van der Waals surface area (Å²) < 4.78 is 5.45. The van der Waals surface area contributed by atoms with Gasteiger partial charge in [0.05, 0.1) is 19.3 Å². The molecule has 1 fully saturated rings. The first kappa shape index (κ1) is 19.4. The van der Waals surface area contributed by atoms with Crippen LogP contribution in [-0.4, -0.2) is 60.1 Å². The summed E-state index contributed by atoms with van der Waals surface area (Å²) in [7, 11) is 3.30. The molecule has 1 aromatic carbocycles. The van der Waals surface area contributed by atoms with Gasteiger partial charge in [-0.1, -0.05) is 43.9 Å². The first-order valence-corrected chi connectivity index (χ1v) is 9.67. The van der Waals surface area contributed by atoms with Gasteiger partial charge in [0.15, 0.2) is 0 Å². The monoisotopic (exact) mass is 372 g/mol. The van der Waals surface area contributed by atoms with E-state index in [2.05, 4.69) is 0 Å². The van der Waals surface area contributed by atoms with Gasteiger partial charge in [-0.25, -0.2) is 0 Å². The second-order valence-corrected chi connectivity index (χ2v) is 7.19. The van der Waals surface area contributed by atoms with Crippen LogP contribution in [0.4, 0.5) is 0 Å². The van der Waals surface area contributed by atoms with E-state index in [4.69, 9.17) is 4.74 Å². The molecule has 0 spiro atoms. The highest BCUT2D eigenvalue weighted by Gasteiger charge is 2.44. The van der Waals surface area contributed by atoms with E-state index in [1.807, 2.05) is 18.2 Å². The van der Waals surface area contributed by atoms with Crippen LogP contribution in [0.1, 0.15) is 44.1 Å². The lowest BCUT2D eigenvalue weighted by molar-refractivity contribution is -0.140. The molecule has 2 amide bonds. The number of hydrogen-bond acceptors (Lipinski definition) is 5. The van der Waals surface area contributed by atoms with Gasteiger partial charge in [-0.05, 0) is 18.9 Å². The van der Waals surface area contributed by atoms with E-state index < -0.39 is 0 Å². The Labute approximate surface area is 160 Å². The summed E-state index contributed by atoms with van der Waals surface area (Å²) in [6.45, 7) is 0.190. The molecule has 0 aromatic heterocycles. The number of hydrogen-bond donors (Lipinski definition) is 1. The average Bonchev–Trinajstić information content (AvgIpc) is 2.84. The number of para-hydroxylation sites is 1. The summed E-state index contributed by atoms with van der Waals surface area (Å²) >= 11 is 0. The first-order valence-electron chi connectivity index (χ1n) is 9.67. The van der Waals surface area contributed by atoms with Crippen molar-refractivity contribution in [2.24, 2.45) is 0 Å². The summed E-state index contributed by atoms with van der Waals surface area (Å²) in [5.74, 6) is 0.0474. The summed E-state index contributed by atoms with van der Waals surface area (Å²) in [5, 5.41) is 9.36. The predicted molar refractivity (Wildman–Crippen MR) is 103 cm³/mol. The molecule has 1 aliphatic carbocycles. The van der Waals surface area contributed by atoms with Crippen molar-refractivity contribution >= 4 is 17.4 Å². The van der Waals surface area contributed by atoms with Gasteiger partial charge in [0.2, 0.25) is 0 Å². The first-order chi connectivity index (χ1) is 13.1. The Morgan fingerprint density at radius 1 is 1.11 bits per heavy atom. The third-order valence-corrected chi connectivity index (χ3v) is 5.47. The number of nitrogens with zero attached hydrogens (tertiary/aromatic N) is 2. The number of carbonyl (C=O) groups is 2. The minimum atomic E-state index is -0.260. The molecule has 1 heterocycles. The van der Waals surface area contributed by atoms with Crippen molar-refractivity contribution in [1.82, 2.24) is 9.80 Å². The zero-order valence-corrected chi connectivity index (χ0v) is 16.1. The predicted octanol–water partition coefficient (Wildman–Crippen LogP) is 2.42. The van der Waals surface area contributed by atoms with Crippen molar-refractivity contribution in [3.8, 4) is 5.75 Å². The van der Waals surface area contributed by atoms with Crippen molar-refractivity contribution in [2.75, 3.05) is 27.3 Å². The molecule has 0 atom stereocenters. The molecule has 2 aliphatic rings. The third-order valence-electron chi connectivity index (χ3n) is 5.47. The third kappa shape index (κ3) is 3.72. The Morgan fingerprint density at radius 2 is 1.78 bits per heavy atom. The lowest BCUT2D eigenvalue weighted by Gasteiger charge is -2.26. The number of carbonyl (C=O) groups excluding carboxylic acids is 2. The second kappa shape index (κ2) is 8.57. The van der Waals surface area contributed by atoms with E-state index in [-0.39, 0.29) is 31.0 Å². The molecule has 1 aliphatic heterocycles. The topological polar surface area (TPSA) is 70.1 Å². The lowest BCUT2D eigenvalue weighted by atomic mass is 10.0. The molecule has 0 saturated heterocycles. The Kier molecular flexibility index (Phi) is 6.16. The largest absolute Gasteiger partial charge is 0.496 e. The van der Waals surface area contributed by atoms with Crippen LogP contribution in [0, 0.1) is 0 Å². The Morgan fingerprint density at radius 3 is 2.41 bits per heavy atom. The van der Waals surface area contributed by atoms with E-state index in [9.17, 15) is 14.7 Å². The van der Waals surface area contributed by atoms with Gasteiger partial charge in [-0.2, -0.15) is 0 Å². The van der Waals surface area contributed by atoms with Gasteiger partial charge in [-0.15, -0.1) is 0 Å². The number of methoxy groups -OCH3 is 1. The molecule has 1 N–H and O–H groups in total. The van der Waals surface area contributed by atoms with E-state index in [0.29, 0.717) is 22.6 Å². The van der Waals surface area contributed by atoms with Crippen LogP contribution in [0.5, 0.6) is 5.75 Å². The Hall–Kier alpha value is -2.34. The van der Waals surface area contributed by atoms with Gasteiger partial charge in [0, 0.05) is 25.2 Å². The van der Waals surface area contributed by atoms with Crippen LogP contribution in [0.2, 0.25) is 0 Å². The molecular formula is C21H28N2O4. The maximum atomic E-state index is 13.4. The number of rotatable bonds is 6. The molecule has 0 unspecified atom stereocenters. The van der Waals surface area contributed by atoms with Crippen LogP contribution >= 0.6 is 0 Å². The number of ether oxygens (including phenoxy) is 1. The molecule has 6 heteroatoms. The van der Waals surface area contributed by atoms with Gasteiger partial charge >= 0.3 is 0 Å². The van der Waals surface area contributed by atoms with Crippen LogP contribution < -0.4 is 4.74 Å². The average molecular weight is 372 g/mol. The summed E-state index contributed by atoms with van der Waals surface area (Å²) in [6.07, 6.45) is 6.08. The molecule has 0 radical (unpaired) electrons. The van der Waals surface area contributed by atoms with Crippen LogP contribution in [0.25, 0.3) is 5.57 Å². The quantitative estimate of drug-likeness (QED) is 0.613. The second-order valence-electron chi connectivity index (χ2n) is 7.19. The zero-order valence-electron chi connectivity index (χ0n) is 16.1. The number of benzene rings is 1. The highest BCUT2D eigenvalue weighted by atomic mass is 16.5. The van der Waals surface area contributed by atoms with Crippen molar-refractivity contribution in [1.29, 1.82) is 0 Å². The summed E-state index contributed by atoms with van der Waals surface area (Å²) in [4.78, 5) is 29.9. The van der Waals surface area contributed by atoms with Crippen LogP contribution in [0.3, 0.4) is 0 Å². The molecule has 1 aromatic rings. The van der Waals surface area contributed by atoms with Crippen molar-refractivity contribution < 1.29 is 19.4 Å². The Balaban J connectivity index is 2.07. The molecular weight excluding hydrogens is 344 g/mol. The number of aliphatic hydroxyl groups is 1. The SMILES string of the molecule is COc1ccccc1C1=C(N(C)CCO)C(=O)N(C2CCCCCC2)C1=O. The van der Waals surface area contributed by atoms with Gasteiger partial charge in [-0.3, -0.25) is 14.5 Å². The van der Waals surface area contributed by atoms with Gasteiger partial charge < -0.3 is 14.7 Å². The normalized spacial score (nSPS) is 18.9. The fourth-order valence-corrected chi connectivity index (χ4v) is 4.09. The minimum absolute atomic E-state index is 0.0581. The van der Waals surface area contributed by atoms with Crippen LogP contribution in [-0.2, 0) is 9.59 Å². The van der Waals surface area contributed by atoms with E-state index in [0.717, 1.165) is 38.5 Å². The fraction of sp³-hybridized carbons (Fsp3) is 0.524. The molecule has 3 rings (SSSR count). The number of amides is 2. The standard InChI is InChI=1S/C21H28N2O4/c1-22(13-14-24)19-18(16-11-7-8-12-17(16)27-2)20(25)23(21(19)26)15-9-5-3-4-6-10-15/h7-8,11-12,15,24H,3-6,9-10,13-14H2,1-2H3. The minimum Gasteiger partial charge on any atom is -0.496 e. The number of aliphatic hydroxyl groups excluding tert-OH is 1. The maximum Gasteiger partial charge on any atom is 0.278 e. The molecule has 146 valence electrons. The van der Waals surface area contributed by atoms with Gasteiger partial charge in [0.1, 0.15) is 11.4 Å². The van der Waals surface area contributed by atoms with Crippen molar-refractivity contribution in [3.63, 3.8) is 0 Å². The highest BCUT2D eigenvalue weighted by Crippen LogP contribution is 2.38. The zero-order chi connectivity index (χ0) is 19.4. The molecule has 1 saturated carbocycles. The fourth-order valence-electron chi connectivity index (χ4n) is 4.09. The van der Waals surface area contributed by atoms with Gasteiger partial charge in [0.25, 0.3) is 11.8 Å². The summed E-state index contributed by atoms with van der Waals surface area (Å²) in [6, 6.07) is 7.21. The van der Waals surface area contributed by atoms with E-state index >= 15 is 0 Å². The molecule has 0 bridgehead atoms. The van der Waals surface area contributed by atoms with E-state index in [1.165, 1.54) is 4.90 Å².